The number of aliphatic hydroxyl groups excluding tert-OH is 1. The van der Waals surface area contributed by atoms with Crippen molar-refractivity contribution >= 4 is 17.9 Å². The number of aliphatic hydroxyl groups is 1. The first-order chi connectivity index (χ1) is 15.6. The molecule has 0 saturated heterocycles. The maximum atomic E-state index is 13.2. The molecule has 2 aromatic carbocycles. The molecule has 9 heteroatoms. The van der Waals surface area contributed by atoms with Crippen LogP contribution in [0.3, 0.4) is 0 Å². The Morgan fingerprint density at radius 3 is 2.24 bits per heavy atom. The summed E-state index contributed by atoms with van der Waals surface area (Å²) in [6.45, 7) is 4.22. The van der Waals surface area contributed by atoms with Gasteiger partial charge in [-0.15, -0.1) is 0 Å². The van der Waals surface area contributed by atoms with Crippen molar-refractivity contribution in [2.75, 3.05) is 19.7 Å². The number of hydrogen-bond donors (Lipinski definition) is 4. The summed E-state index contributed by atoms with van der Waals surface area (Å²) in [5.41, 5.74) is 0.309. The highest BCUT2D eigenvalue weighted by atomic mass is 16.6. The SMILES string of the molecule is CC(C)(C)OC(=O)NCC(=O)N(CCO)C(C(=O)NCc1ccccc1)c1ccccc1O. The first-order valence-electron chi connectivity index (χ1n) is 10.6. The number of para-hydroxylation sites is 1. The zero-order valence-corrected chi connectivity index (χ0v) is 19.1. The molecule has 0 aliphatic carbocycles. The van der Waals surface area contributed by atoms with Gasteiger partial charge in [0.15, 0.2) is 0 Å². The molecule has 0 aromatic heterocycles. The Balaban J connectivity index is 2.25. The van der Waals surface area contributed by atoms with Crippen LogP contribution in [0.15, 0.2) is 54.6 Å². The third-order valence-electron chi connectivity index (χ3n) is 4.55. The lowest BCUT2D eigenvalue weighted by Crippen LogP contribution is -2.48. The van der Waals surface area contributed by atoms with Crippen LogP contribution in [0, 0.1) is 0 Å². The molecule has 1 unspecified atom stereocenters. The highest BCUT2D eigenvalue weighted by Crippen LogP contribution is 2.29. The highest BCUT2D eigenvalue weighted by molar-refractivity contribution is 5.91. The Morgan fingerprint density at radius 1 is 1.00 bits per heavy atom. The summed E-state index contributed by atoms with van der Waals surface area (Å²) in [6.07, 6.45) is -0.785. The van der Waals surface area contributed by atoms with Crippen molar-refractivity contribution in [2.24, 2.45) is 0 Å². The molecule has 1 atom stereocenters. The minimum Gasteiger partial charge on any atom is -0.508 e. The lowest BCUT2D eigenvalue weighted by molar-refractivity contribution is -0.140. The van der Waals surface area contributed by atoms with Gasteiger partial charge in [0.1, 0.15) is 23.9 Å². The topological polar surface area (TPSA) is 128 Å². The van der Waals surface area contributed by atoms with Crippen LogP contribution in [-0.4, -0.2) is 58.3 Å². The maximum Gasteiger partial charge on any atom is 0.408 e. The molecule has 178 valence electrons. The number of nitrogens with zero attached hydrogens (tertiary/aromatic N) is 1. The Kier molecular flexibility index (Phi) is 9.23. The molecule has 0 bridgehead atoms. The molecule has 0 aliphatic rings. The minimum absolute atomic E-state index is 0.173. The number of carbonyl (C=O) groups is 3. The van der Waals surface area contributed by atoms with E-state index in [0.717, 1.165) is 10.5 Å². The largest absolute Gasteiger partial charge is 0.508 e. The van der Waals surface area contributed by atoms with Crippen molar-refractivity contribution in [1.82, 2.24) is 15.5 Å². The third kappa shape index (κ3) is 8.12. The van der Waals surface area contributed by atoms with Crippen molar-refractivity contribution in [1.29, 1.82) is 0 Å². The van der Waals surface area contributed by atoms with Crippen molar-refractivity contribution < 1.29 is 29.3 Å². The number of carbonyl (C=O) groups excluding carboxylic acids is 3. The molecule has 2 rings (SSSR count). The lowest BCUT2D eigenvalue weighted by Gasteiger charge is -2.31. The number of ether oxygens (including phenoxy) is 1. The van der Waals surface area contributed by atoms with Gasteiger partial charge in [0.25, 0.3) is 0 Å². The zero-order chi connectivity index (χ0) is 24.4. The molecule has 0 aliphatic heterocycles. The van der Waals surface area contributed by atoms with E-state index in [1.54, 1.807) is 32.9 Å². The first-order valence-corrected chi connectivity index (χ1v) is 10.6. The van der Waals surface area contributed by atoms with E-state index >= 15 is 0 Å². The summed E-state index contributed by atoms with van der Waals surface area (Å²) in [7, 11) is 0. The van der Waals surface area contributed by atoms with Crippen LogP contribution in [0.5, 0.6) is 5.75 Å². The second-order valence-corrected chi connectivity index (χ2v) is 8.33. The van der Waals surface area contributed by atoms with Crippen LogP contribution in [0.2, 0.25) is 0 Å². The number of phenols is 1. The fraction of sp³-hybridized carbons (Fsp3) is 0.375. The molecule has 0 saturated carbocycles. The van der Waals surface area contributed by atoms with Crippen LogP contribution >= 0.6 is 0 Å². The van der Waals surface area contributed by atoms with Gasteiger partial charge in [-0.3, -0.25) is 9.59 Å². The Morgan fingerprint density at radius 2 is 1.64 bits per heavy atom. The van der Waals surface area contributed by atoms with E-state index in [0.29, 0.717) is 0 Å². The van der Waals surface area contributed by atoms with Gasteiger partial charge in [0.05, 0.1) is 6.61 Å². The number of phenolic OH excluding ortho intramolecular Hbond substituents is 1. The summed E-state index contributed by atoms with van der Waals surface area (Å²) >= 11 is 0. The summed E-state index contributed by atoms with van der Waals surface area (Å²) in [5, 5.41) is 25.1. The Hall–Kier alpha value is -3.59. The number of nitrogens with one attached hydrogen (secondary N) is 2. The van der Waals surface area contributed by atoms with Crippen LogP contribution in [0.4, 0.5) is 4.79 Å². The zero-order valence-electron chi connectivity index (χ0n) is 19.1. The van der Waals surface area contributed by atoms with Crippen molar-refractivity contribution in [3.63, 3.8) is 0 Å². The van der Waals surface area contributed by atoms with Gasteiger partial charge in [-0.05, 0) is 32.4 Å². The Labute approximate surface area is 193 Å². The second-order valence-electron chi connectivity index (χ2n) is 8.33. The molecule has 3 amide bonds. The van der Waals surface area contributed by atoms with Gasteiger partial charge in [-0.25, -0.2) is 4.79 Å². The molecular weight excluding hydrogens is 426 g/mol. The summed E-state index contributed by atoms with van der Waals surface area (Å²) in [6, 6.07) is 14.2. The summed E-state index contributed by atoms with van der Waals surface area (Å²) in [4.78, 5) is 39.3. The van der Waals surface area contributed by atoms with Crippen molar-refractivity contribution in [2.45, 2.75) is 39.0 Å². The van der Waals surface area contributed by atoms with Crippen LogP contribution < -0.4 is 10.6 Å². The molecule has 0 spiro atoms. The second kappa shape index (κ2) is 11.9. The number of hydrogen-bond acceptors (Lipinski definition) is 6. The van der Waals surface area contributed by atoms with E-state index in [-0.39, 0.29) is 24.4 Å². The normalized spacial score (nSPS) is 11.9. The summed E-state index contributed by atoms with van der Waals surface area (Å²) < 4.78 is 5.14. The lowest BCUT2D eigenvalue weighted by atomic mass is 10.0. The van der Waals surface area contributed by atoms with Gasteiger partial charge in [-0.1, -0.05) is 48.5 Å². The standard InChI is InChI=1S/C24H31N3O6/c1-24(2,3)33-23(32)26-16-20(30)27(13-14-28)21(18-11-7-8-12-19(18)29)22(31)25-15-17-9-5-4-6-10-17/h4-12,21,28-29H,13-16H2,1-3H3,(H,25,31)(H,26,32). The smallest absolute Gasteiger partial charge is 0.408 e. The highest BCUT2D eigenvalue weighted by Gasteiger charge is 2.33. The molecule has 0 radical (unpaired) electrons. The first kappa shape index (κ1) is 25.7. The number of benzene rings is 2. The quantitative estimate of drug-likeness (QED) is 0.457. The molecule has 4 N–H and O–H groups in total. The van der Waals surface area contributed by atoms with E-state index in [1.165, 1.54) is 12.1 Å². The van der Waals surface area contributed by atoms with Crippen LogP contribution in [0.25, 0.3) is 0 Å². The van der Waals surface area contributed by atoms with Gasteiger partial charge in [0, 0.05) is 18.7 Å². The minimum atomic E-state index is -1.23. The average molecular weight is 458 g/mol. The molecule has 0 fully saturated rings. The number of aromatic hydroxyl groups is 1. The van der Waals surface area contributed by atoms with Gasteiger partial charge in [-0.2, -0.15) is 0 Å². The third-order valence-corrected chi connectivity index (χ3v) is 4.55. The maximum absolute atomic E-state index is 13.2. The number of alkyl carbamates (subject to hydrolysis) is 1. The molecule has 0 heterocycles. The fourth-order valence-corrected chi connectivity index (χ4v) is 3.12. The predicted molar refractivity (Wildman–Crippen MR) is 122 cm³/mol. The van der Waals surface area contributed by atoms with Gasteiger partial charge in [0.2, 0.25) is 11.8 Å². The van der Waals surface area contributed by atoms with Crippen molar-refractivity contribution in [3.05, 3.63) is 65.7 Å². The average Bonchev–Trinajstić information content (AvgIpc) is 2.76. The van der Waals surface area contributed by atoms with E-state index in [2.05, 4.69) is 10.6 Å². The van der Waals surface area contributed by atoms with Crippen LogP contribution in [0.1, 0.15) is 37.9 Å². The van der Waals surface area contributed by atoms with E-state index in [9.17, 15) is 24.6 Å². The predicted octanol–water partition coefficient (Wildman–Crippen LogP) is 2.10. The fourth-order valence-electron chi connectivity index (χ4n) is 3.12. The van der Waals surface area contributed by atoms with Crippen LogP contribution in [-0.2, 0) is 20.9 Å². The van der Waals surface area contributed by atoms with Gasteiger partial charge >= 0.3 is 6.09 Å². The van der Waals surface area contributed by atoms with E-state index < -0.39 is 42.7 Å². The number of rotatable bonds is 9. The van der Waals surface area contributed by atoms with E-state index in [4.69, 9.17) is 4.74 Å². The molecule has 33 heavy (non-hydrogen) atoms. The summed E-state index contributed by atoms with van der Waals surface area (Å²) in [5.74, 6) is -1.34. The molecular formula is C24H31N3O6. The van der Waals surface area contributed by atoms with E-state index in [1.807, 2.05) is 30.3 Å². The monoisotopic (exact) mass is 457 g/mol. The van der Waals surface area contributed by atoms with Crippen molar-refractivity contribution in [3.8, 4) is 5.75 Å². The molecule has 9 nitrogen and oxygen atoms in total. The number of amides is 3. The Bertz CT molecular complexity index is 943. The van der Waals surface area contributed by atoms with Gasteiger partial charge < -0.3 is 30.5 Å². The molecule has 2 aromatic rings.